The Balaban J connectivity index is 2.76. The van der Waals surface area contributed by atoms with Gasteiger partial charge in [-0.3, -0.25) is 10.0 Å². The minimum absolute atomic E-state index is 0.124. The third-order valence-electron chi connectivity index (χ3n) is 3.17. The first-order valence-corrected chi connectivity index (χ1v) is 6.56. The minimum Gasteiger partial charge on any atom is -0.351 e. The molecule has 0 heterocycles. The quantitative estimate of drug-likeness (QED) is 0.510. The summed E-state index contributed by atoms with van der Waals surface area (Å²) >= 11 is 0. The van der Waals surface area contributed by atoms with Gasteiger partial charge < -0.3 is 11.1 Å². The Hall–Kier alpha value is -3.07. The number of hydrogen-bond acceptors (Lipinski definition) is 3. The van der Waals surface area contributed by atoms with Crippen molar-refractivity contribution in [1.82, 2.24) is 5.48 Å². The molecule has 2 rings (SSSR count). The van der Waals surface area contributed by atoms with Crippen LogP contribution < -0.4 is 16.5 Å². The molecule has 2 aromatic rings. The highest BCUT2D eigenvalue weighted by atomic mass is 19.4. The molecule has 0 atom stereocenters. The maximum atomic E-state index is 13.2. The lowest BCUT2D eigenvalue weighted by atomic mass is 9.93. The Morgan fingerprint density at radius 2 is 1.62 bits per heavy atom. The smallest absolute Gasteiger partial charge is 0.351 e. The van der Waals surface area contributed by atoms with E-state index >= 15 is 0 Å². The van der Waals surface area contributed by atoms with Crippen LogP contribution in [0.4, 0.5) is 23.7 Å². The first kappa shape index (κ1) is 17.3. The van der Waals surface area contributed by atoms with Gasteiger partial charge in [0, 0.05) is 0 Å². The molecule has 0 aliphatic carbocycles. The summed E-state index contributed by atoms with van der Waals surface area (Å²) in [4.78, 5) is 23.0. The number of carbonyl (C=O) groups is 2. The molecule has 0 unspecified atom stereocenters. The van der Waals surface area contributed by atoms with Crippen molar-refractivity contribution in [3.63, 3.8) is 0 Å². The highest BCUT2D eigenvalue weighted by molar-refractivity contribution is 6.08. The maximum absolute atomic E-state index is 13.2. The van der Waals surface area contributed by atoms with E-state index in [4.69, 9.17) is 10.9 Å². The number of amides is 3. The average Bonchev–Trinajstić information content (AvgIpc) is 2.52. The Morgan fingerprint density at radius 1 is 1.00 bits per heavy atom. The summed E-state index contributed by atoms with van der Waals surface area (Å²) in [5.41, 5.74) is 4.49. The summed E-state index contributed by atoms with van der Waals surface area (Å²) < 4.78 is 39.7. The number of nitrogens with two attached hydrogens (primary N) is 1. The van der Waals surface area contributed by atoms with Crippen molar-refractivity contribution >= 4 is 17.6 Å². The van der Waals surface area contributed by atoms with Crippen LogP contribution in [0.1, 0.15) is 15.9 Å². The zero-order valence-corrected chi connectivity index (χ0v) is 12.0. The maximum Gasteiger partial charge on any atom is 0.417 e. The fraction of sp³-hybridized carbons (Fsp3) is 0.0667. The Morgan fingerprint density at radius 3 is 2.21 bits per heavy atom. The predicted molar refractivity (Wildman–Crippen MR) is 79.3 cm³/mol. The Kier molecular flexibility index (Phi) is 4.74. The number of anilines is 1. The molecule has 0 aliphatic heterocycles. The van der Waals surface area contributed by atoms with Gasteiger partial charge in [-0.15, -0.1) is 0 Å². The largest absolute Gasteiger partial charge is 0.417 e. The van der Waals surface area contributed by atoms with Crippen molar-refractivity contribution in [2.75, 3.05) is 5.32 Å². The molecule has 126 valence electrons. The van der Waals surface area contributed by atoms with Gasteiger partial charge in [0.15, 0.2) is 0 Å². The summed E-state index contributed by atoms with van der Waals surface area (Å²) in [7, 11) is 0. The number of hydrogen-bond donors (Lipinski definition) is 4. The predicted octanol–water partition coefficient (Wildman–Crippen LogP) is 2.98. The minimum atomic E-state index is -4.66. The van der Waals surface area contributed by atoms with Crippen molar-refractivity contribution in [3.8, 4) is 11.1 Å². The first-order valence-electron chi connectivity index (χ1n) is 6.56. The van der Waals surface area contributed by atoms with Crippen LogP contribution in [0.2, 0.25) is 0 Å². The van der Waals surface area contributed by atoms with Gasteiger partial charge in [-0.05, 0) is 23.3 Å². The van der Waals surface area contributed by atoms with Gasteiger partial charge in [0.1, 0.15) is 0 Å². The van der Waals surface area contributed by atoms with E-state index in [1.54, 1.807) is 0 Å². The van der Waals surface area contributed by atoms with E-state index in [1.807, 2.05) is 0 Å². The van der Waals surface area contributed by atoms with Crippen LogP contribution in [0.3, 0.4) is 0 Å². The van der Waals surface area contributed by atoms with Crippen molar-refractivity contribution in [2.24, 2.45) is 5.73 Å². The Labute approximate surface area is 134 Å². The van der Waals surface area contributed by atoms with E-state index in [0.29, 0.717) is 0 Å². The molecule has 0 saturated heterocycles. The molecule has 0 saturated carbocycles. The molecule has 0 aromatic heterocycles. The van der Waals surface area contributed by atoms with Gasteiger partial charge in [0.25, 0.3) is 5.91 Å². The highest BCUT2D eigenvalue weighted by Gasteiger charge is 2.34. The van der Waals surface area contributed by atoms with Crippen molar-refractivity contribution in [3.05, 3.63) is 53.6 Å². The third-order valence-corrected chi connectivity index (χ3v) is 3.17. The topological polar surface area (TPSA) is 104 Å². The molecular weight excluding hydrogens is 327 g/mol. The molecule has 5 N–H and O–H groups in total. The van der Waals surface area contributed by atoms with E-state index in [-0.39, 0.29) is 22.4 Å². The van der Waals surface area contributed by atoms with Crippen LogP contribution in [0, 0.1) is 0 Å². The molecule has 24 heavy (non-hydrogen) atoms. The molecule has 0 fully saturated rings. The SMILES string of the molecule is NC(=O)Nc1cccc(-c2ccccc2C(F)(F)F)c1C(=O)NO. The van der Waals surface area contributed by atoms with Crippen LogP contribution in [0.25, 0.3) is 11.1 Å². The van der Waals surface area contributed by atoms with Crippen molar-refractivity contribution in [1.29, 1.82) is 0 Å². The lowest BCUT2D eigenvalue weighted by Crippen LogP contribution is -2.25. The van der Waals surface area contributed by atoms with Crippen LogP contribution in [0.5, 0.6) is 0 Å². The molecule has 0 radical (unpaired) electrons. The fourth-order valence-electron chi connectivity index (χ4n) is 2.28. The number of urea groups is 1. The number of primary amides is 1. The number of alkyl halides is 3. The molecule has 0 spiro atoms. The molecule has 6 nitrogen and oxygen atoms in total. The number of carbonyl (C=O) groups excluding carboxylic acids is 2. The number of hydroxylamine groups is 1. The molecular formula is C15H12F3N3O3. The molecule has 9 heteroatoms. The van der Waals surface area contributed by atoms with E-state index < -0.39 is 23.7 Å². The summed E-state index contributed by atoms with van der Waals surface area (Å²) in [6.45, 7) is 0. The second-order valence-corrected chi connectivity index (χ2v) is 4.70. The van der Waals surface area contributed by atoms with Gasteiger partial charge in [-0.2, -0.15) is 13.2 Å². The van der Waals surface area contributed by atoms with Crippen LogP contribution in [-0.4, -0.2) is 17.1 Å². The lowest BCUT2D eigenvalue weighted by molar-refractivity contribution is -0.137. The summed E-state index contributed by atoms with van der Waals surface area (Å²) in [6.07, 6.45) is -4.66. The number of benzene rings is 2. The second-order valence-electron chi connectivity index (χ2n) is 4.70. The molecule has 0 aliphatic rings. The van der Waals surface area contributed by atoms with Gasteiger partial charge in [0.2, 0.25) is 0 Å². The van der Waals surface area contributed by atoms with Crippen LogP contribution in [0.15, 0.2) is 42.5 Å². The number of halogens is 3. The van der Waals surface area contributed by atoms with Crippen LogP contribution >= 0.6 is 0 Å². The molecule has 0 bridgehead atoms. The fourth-order valence-corrected chi connectivity index (χ4v) is 2.28. The van der Waals surface area contributed by atoms with Gasteiger partial charge >= 0.3 is 12.2 Å². The second kappa shape index (κ2) is 6.59. The van der Waals surface area contributed by atoms with E-state index in [2.05, 4.69) is 5.32 Å². The summed E-state index contributed by atoms with van der Waals surface area (Å²) in [6, 6.07) is 7.51. The Bertz CT molecular complexity index is 791. The van der Waals surface area contributed by atoms with E-state index in [1.165, 1.54) is 41.9 Å². The lowest BCUT2D eigenvalue weighted by Gasteiger charge is -2.17. The molecule has 2 aromatic carbocycles. The van der Waals surface area contributed by atoms with Crippen molar-refractivity contribution < 1.29 is 28.0 Å². The van der Waals surface area contributed by atoms with Gasteiger partial charge in [-0.25, -0.2) is 10.3 Å². The summed E-state index contributed by atoms with van der Waals surface area (Å²) in [5, 5.41) is 11.0. The summed E-state index contributed by atoms with van der Waals surface area (Å²) in [5.74, 6) is -1.09. The normalized spacial score (nSPS) is 11.0. The van der Waals surface area contributed by atoms with Gasteiger partial charge in [-0.1, -0.05) is 30.3 Å². The van der Waals surface area contributed by atoms with Gasteiger partial charge in [0.05, 0.1) is 16.8 Å². The van der Waals surface area contributed by atoms with E-state index in [0.717, 1.165) is 6.07 Å². The monoisotopic (exact) mass is 339 g/mol. The zero-order valence-electron chi connectivity index (χ0n) is 12.0. The number of rotatable bonds is 3. The first-order chi connectivity index (χ1) is 11.3. The standard InChI is InChI=1S/C15H12F3N3O3/c16-15(17,18)10-6-2-1-4-8(10)9-5-3-7-11(20-14(19)23)12(9)13(22)21-24/h1-7,24H,(H,21,22)(H3,19,20,23). The van der Waals surface area contributed by atoms with E-state index in [9.17, 15) is 22.8 Å². The highest BCUT2D eigenvalue weighted by Crippen LogP contribution is 2.39. The zero-order chi connectivity index (χ0) is 17.9. The average molecular weight is 339 g/mol. The molecule has 3 amide bonds. The van der Waals surface area contributed by atoms with Crippen LogP contribution in [-0.2, 0) is 6.18 Å². The van der Waals surface area contributed by atoms with Crippen molar-refractivity contribution in [2.45, 2.75) is 6.18 Å². The number of nitrogens with one attached hydrogen (secondary N) is 2. The third kappa shape index (κ3) is 3.46.